The quantitative estimate of drug-likeness (QED) is 0.825. The van der Waals surface area contributed by atoms with Crippen LogP contribution in [0.25, 0.3) is 11.3 Å². The number of anilines is 1. The number of hydrogen-bond acceptors (Lipinski definition) is 7. The fraction of sp³-hybridized carbons (Fsp3) is 0.312. The summed E-state index contributed by atoms with van der Waals surface area (Å²) in [6, 6.07) is 6.66. The molecule has 0 radical (unpaired) electrons. The molecule has 1 aliphatic rings. The van der Waals surface area contributed by atoms with E-state index in [2.05, 4.69) is 0 Å². The molecular formula is C16H17NO7S. The van der Waals surface area contributed by atoms with Crippen LogP contribution < -0.4 is 13.8 Å². The summed E-state index contributed by atoms with van der Waals surface area (Å²) >= 11 is 0. The maximum Gasteiger partial charge on any atom is 0.308 e. The third-order valence-corrected chi connectivity index (χ3v) is 5.55. The van der Waals surface area contributed by atoms with Crippen LogP contribution in [-0.2, 0) is 14.8 Å². The lowest BCUT2D eigenvalue weighted by Gasteiger charge is -2.14. The van der Waals surface area contributed by atoms with Crippen molar-refractivity contribution in [2.24, 2.45) is 0 Å². The van der Waals surface area contributed by atoms with Gasteiger partial charge in [-0.15, -0.1) is 0 Å². The van der Waals surface area contributed by atoms with Gasteiger partial charge in [0, 0.05) is 19.0 Å². The molecule has 25 heavy (non-hydrogen) atoms. The monoisotopic (exact) mass is 367 g/mol. The first kappa shape index (κ1) is 17.2. The Morgan fingerprint density at radius 1 is 1.36 bits per heavy atom. The maximum absolute atomic E-state index is 12.2. The van der Waals surface area contributed by atoms with Crippen molar-refractivity contribution in [3.8, 4) is 28.6 Å². The summed E-state index contributed by atoms with van der Waals surface area (Å²) < 4.78 is 41.1. The first-order chi connectivity index (χ1) is 11.8. The van der Waals surface area contributed by atoms with Gasteiger partial charge in [-0.3, -0.25) is 4.79 Å². The van der Waals surface area contributed by atoms with Gasteiger partial charge in [-0.2, -0.15) is 0 Å². The molecule has 2 aromatic rings. The maximum atomic E-state index is 12.2. The second kappa shape index (κ2) is 6.32. The van der Waals surface area contributed by atoms with Crippen molar-refractivity contribution in [2.75, 3.05) is 23.7 Å². The fourth-order valence-corrected chi connectivity index (χ4v) is 4.12. The number of methoxy groups -OCH3 is 1. The Balaban J connectivity index is 2.16. The predicted octanol–water partition coefficient (Wildman–Crippen LogP) is 2.13. The van der Waals surface area contributed by atoms with Crippen molar-refractivity contribution >= 4 is 21.9 Å². The van der Waals surface area contributed by atoms with E-state index >= 15 is 0 Å². The van der Waals surface area contributed by atoms with Crippen LogP contribution in [0.4, 0.5) is 5.88 Å². The van der Waals surface area contributed by atoms with Crippen molar-refractivity contribution in [3.05, 3.63) is 24.3 Å². The van der Waals surface area contributed by atoms with Crippen LogP contribution >= 0.6 is 0 Å². The lowest BCUT2D eigenvalue weighted by molar-refractivity contribution is -0.132. The Morgan fingerprint density at radius 3 is 2.72 bits per heavy atom. The molecule has 1 saturated heterocycles. The van der Waals surface area contributed by atoms with Crippen LogP contribution in [0.3, 0.4) is 0 Å². The zero-order valence-electron chi connectivity index (χ0n) is 13.7. The number of rotatable bonds is 4. The molecule has 2 heterocycles. The first-order valence-electron chi connectivity index (χ1n) is 7.52. The van der Waals surface area contributed by atoms with Gasteiger partial charge >= 0.3 is 5.97 Å². The number of carbonyl (C=O) groups excluding carboxylic acids is 1. The van der Waals surface area contributed by atoms with Crippen molar-refractivity contribution in [2.45, 2.75) is 13.3 Å². The summed E-state index contributed by atoms with van der Waals surface area (Å²) in [6.07, 6.45) is 0.414. The van der Waals surface area contributed by atoms with Crippen molar-refractivity contribution < 1.29 is 32.2 Å². The number of nitrogens with zero attached hydrogens (tertiary/aromatic N) is 1. The minimum Gasteiger partial charge on any atom is -0.502 e. The standard InChI is InChI=1S/C16H17NO7S/c1-10(18)23-15-13(19)14(11-5-3-6-12(9-11)22-2)24-16(15)17-7-4-8-25(17,20)21/h3,5-6,9,19H,4,7-8H2,1-2H3. The Labute approximate surface area is 144 Å². The molecule has 134 valence electrons. The number of carbonyl (C=O) groups is 1. The average Bonchev–Trinajstić information content (AvgIpc) is 3.07. The number of aromatic hydroxyl groups is 1. The highest BCUT2D eigenvalue weighted by molar-refractivity contribution is 7.93. The Bertz CT molecular complexity index is 917. The lowest BCUT2D eigenvalue weighted by Crippen LogP contribution is -2.25. The van der Waals surface area contributed by atoms with E-state index in [4.69, 9.17) is 13.9 Å². The van der Waals surface area contributed by atoms with E-state index in [0.29, 0.717) is 17.7 Å². The summed E-state index contributed by atoms with van der Waals surface area (Å²) in [4.78, 5) is 11.4. The largest absolute Gasteiger partial charge is 0.502 e. The van der Waals surface area contributed by atoms with Crippen molar-refractivity contribution in [1.82, 2.24) is 0 Å². The Hall–Kier alpha value is -2.68. The summed E-state index contributed by atoms with van der Waals surface area (Å²) in [6.45, 7) is 1.33. The van der Waals surface area contributed by atoms with Gasteiger partial charge in [0.05, 0.1) is 12.9 Å². The summed E-state index contributed by atoms with van der Waals surface area (Å²) in [7, 11) is -2.09. The number of sulfonamides is 1. The number of esters is 1. The molecule has 3 rings (SSSR count). The first-order valence-corrected chi connectivity index (χ1v) is 9.13. The molecule has 0 atom stereocenters. The molecule has 1 aromatic carbocycles. The van der Waals surface area contributed by atoms with E-state index < -0.39 is 21.7 Å². The van der Waals surface area contributed by atoms with Crippen LogP contribution in [0.2, 0.25) is 0 Å². The molecule has 1 aromatic heterocycles. The van der Waals surface area contributed by atoms with Gasteiger partial charge in [-0.05, 0) is 18.6 Å². The van der Waals surface area contributed by atoms with Crippen LogP contribution in [-0.4, -0.2) is 38.9 Å². The summed E-state index contributed by atoms with van der Waals surface area (Å²) in [5.74, 6) is -1.18. The molecule has 0 aliphatic carbocycles. The number of ether oxygens (including phenoxy) is 2. The summed E-state index contributed by atoms with van der Waals surface area (Å²) in [5.41, 5.74) is 0.452. The van der Waals surface area contributed by atoms with E-state index in [1.54, 1.807) is 24.3 Å². The third kappa shape index (κ3) is 3.14. The Morgan fingerprint density at radius 2 is 2.12 bits per heavy atom. The SMILES string of the molecule is COc1cccc(-c2oc(N3CCCS3(=O)=O)c(OC(C)=O)c2O)c1. The van der Waals surface area contributed by atoms with Crippen molar-refractivity contribution in [1.29, 1.82) is 0 Å². The van der Waals surface area contributed by atoms with Crippen LogP contribution in [0.1, 0.15) is 13.3 Å². The van der Waals surface area contributed by atoms with Gasteiger partial charge in [0.25, 0.3) is 5.88 Å². The molecule has 1 aliphatic heterocycles. The zero-order chi connectivity index (χ0) is 18.2. The minimum absolute atomic E-state index is 0.00718. The molecular weight excluding hydrogens is 350 g/mol. The zero-order valence-corrected chi connectivity index (χ0v) is 14.5. The fourth-order valence-electron chi connectivity index (χ4n) is 2.62. The van der Waals surface area contributed by atoms with E-state index in [9.17, 15) is 18.3 Å². The van der Waals surface area contributed by atoms with Gasteiger partial charge < -0.3 is 19.0 Å². The Kier molecular flexibility index (Phi) is 4.34. The average molecular weight is 367 g/mol. The molecule has 0 amide bonds. The third-order valence-electron chi connectivity index (χ3n) is 3.73. The summed E-state index contributed by atoms with van der Waals surface area (Å²) in [5, 5.41) is 10.5. The van der Waals surface area contributed by atoms with E-state index in [1.807, 2.05) is 0 Å². The molecule has 1 N–H and O–H groups in total. The van der Waals surface area contributed by atoms with Crippen LogP contribution in [0.15, 0.2) is 28.7 Å². The van der Waals surface area contributed by atoms with Crippen molar-refractivity contribution in [3.63, 3.8) is 0 Å². The topological polar surface area (TPSA) is 106 Å². The number of benzene rings is 1. The van der Waals surface area contributed by atoms with E-state index in [-0.39, 0.29) is 29.7 Å². The highest BCUT2D eigenvalue weighted by Crippen LogP contribution is 2.49. The number of furan rings is 1. The van der Waals surface area contributed by atoms with Crippen LogP contribution in [0.5, 0.6) is 17.2 Å². The molecule has 0 saturated carbocycles. The van der Waals surface area contributed by atoms with E-state index in [1.165, 1.54) is 7.11 Å². The van der Waals surface area contributed by atoms with Gasteiger partial charge in [0.15, 0.2) is 5.76 Å². The molecule has 1 fully saturated rings. The minimum atomic E-state index is -3.58. The smallest absolute Gasteiger partial charge is 0.308 e. The molecule has 0 unspecified atom stereocenters. The van der Waals surface area contributed by atoms with E-state index in [0.717, 1.165) is 11.2 Å². The van der Waals surface area contributed by atoms with Crippen LogP contribution in [0, 0.1) is 0 Å². The van der Waals surface area contributed by atoms with Gasteiger partial charge in [0.2, 0.25) is 21.5 Å². The predicted molar refractivity (Wildman–Crippen MR) is 89.4 cm³/mol. The lowest BCUT2D eigenvalue weighted by atomic mass is 10.1. The van der Waals surface area contributed by atoms with Gasteiger partial charge in [-0.25, -0.2) is 12.7 Å². The second-order valence-corrected chi connectivity index (χ2v) is 7.49. The van der Waals surface area contributed by atoms with Gasteiger partial charge in [-0.1, -0.05) is 12.1 Å². The highest BCUT2D eigenvalue weighted by atomic mass is 32.2. The number of hydrogen-bond donors (Lipinski definition) is 1. The second-order valence-electron chi connectivity index (χ2n) is 5.48. The van der Waals surface area contributed by atoms with Gasteiger partial charge in [0.1, 0.15) is 5.75 Å². The normalized spacial score (nSPS) is 16.0. The molecule has 8 nitrogen and oxygen atoms in total. The molecule has 9 heteroatoms. The highest BCUT2D eigenvalue weighted by Gasteiger charge is 2.37. The molecule has 0 spiro atoms. The molecule has 0 bridgehead atoms.